The number of carboxylic acids is 1. The Balaban J connectivity index is 2.19. The van der Waals surface area contributed by atoms with Gasteiger partial charge in [0.25, 0.3) is 5.69 Å². The van der Waals surface area contributed by atoms with Gasteiger partial charge in [-0.25, -0.2) is 4.79 Å². The lowest BCUT2D eigenvalue weighted by atomic mass is 10.2. The van der Waals surface area contributed by atoms with Gasteiger partial charge in [0.15, 0.2) is 5.75 Å². The largest absolute Gasteiger partial charge is 0.479 e. The average molecular weight is 308 g/mol. The number of furan rings is 1. The van der Waals surface area contributed by atoms with Crippen molar-refractivity contribution in [2.75, 3.05) is 0 Å². The van der Waals surface area contributed by atoms with Crippen LogP contribution in [0.2, 0.25) is 0 Å². The van der Waals surface area contributed by atoms with Gasteiger partial charge in [0.05, 0.1) is 15.9 Å². The number of benzene rings is 1. The summed E-state index contributed by atoms with van der Waals surface area (Å²) in [4.78, 5) is 30.6. The number of nitro benzene ring substituents is 2. The van der Waals surface area contributed by atoms with E-state index in [1.165, 1.54) is 12.1 Å². The summed E-state index contributed by atoms with van der Waals surface area (Å²) in [6.07, 6.45) is 0. The molecule has 0 unspecified atom stereocenters. The maximum atomic E-state index is 10.9. The molecule has 1 N–H and O–H groups in total. The summed E-state index contributed by atoms with van der Waals surface area (Å²) >= 11 is 0. The van der Waals surface area contributed by atoms with E-state index >= 15 is 0 Å². The minimum absolute atomic E-state index is 0.144. The van der Waals surface area contributed by atoms with Crippen LogP contribution in [0.25, 0.3) is 0 Å². The van der Waals surface area contributed by atoms with E-state index in [1.807, 2.05) is 0 Å². The van der Waals surface area contributed by atoms with E-state index in [4.69, 9.17) is 14.3 Å². The lowest BCUT2D eigenvalue weighted by molar-refractivity contribution is -0.394. The van der Waals surface area contributed by atoms with Crippen molar-refractivity contribution >= 4 is 17.3 Å². The maximum Gasteiger partial charge on any atom is 0.371 e. The van der Waals surface area contributed by atoms with Gasteiger partial charge in [-0.3, -0.25) is 20.2 Å². The molecule has 10 heteroatoms. The summed E-state index contributed by atoms with van der Waals surface area (Å²) < 4.78 is 10.1. The molecule has 0 amide bonds. The third-order valence-corrected chi connectivity index (χ3v) is 2.59. The van der Waals surface area contributed by atoms with Crippen LogP contribution in [0.15, 0.2) is 34.7 Å². The number of hydrogen-bond donors (Lipinski definition) is 1. The van der Waals surface area contributed by atoms with E-state index < -0.39 is 27.2 Å². The smallest absolute Gasteiger partial charge is 0.371 e. The topological polar surface area (TPSA) is 146 Å². The normalized spacial score (nSPS) is 10.2. The number of aromatic carboxylic acids is 1. The van der Waals surface area contributed by atoms with Gasteiger partial charge in [-0.2, -0.15) is 0 Å². The van der Waals surface area contributed by atoms with Crippen LogP contribution in [0.5, 0.6) is 5.75 Å². The van der Waals surface area contributed by atoms with E-state index in [1.54, 1.807) is 0 Å². The highest BCUT2D eigenvalue weighted by Gasteiger charge is 2.21. The van der Waals surface area contributed by atoms with E-state index in [-0.39, 0.29) is 23.9 Å². The van der Waals surface area contributed by atoms with Crippen LogP contribution in [-0.4, -0.2) is 20.9 Å². The molecule has 2 rings (SSSR count). The van der Waals surface area contributed by atoms with Gasteiger partial charge in [-0.05, 0) is 18.2 Å². The van der Waals surface area contributed by atoms with Crippen LogP contribution in [0.1, 0.15) is 16.3 Å². The lowest BCUT2D eigenvalue weighted by Gasteiger charge is -2.04. The minimum atomic E-state index is -1.26. The SMILES string of the molecule is O=C(O)c1ccc(COc2ccc([N+](=O)[O-])cc2[N+](=O)[O-])o1. The second-order valence-electron chi connectivity index (χ2n) is 4.03. The minimum Gasteiger partial charge on any atom is -0.479 e. The van der Waals surface area contributed by atoms with Gasteiger partial charge in [-0.15, -0.1) is 0 Å². The predicted octanol–water partition coefficient (Wildman–Crippen LogP) is 2.37. The lowest BCUT2D eigenvalue weighted by Crippen LogP contribution is -2.00. The third-order valence-electron chi connectivity index (χ3n) is 2.59. The Morgan fingerprint density at radius 3 is 2.45 bits per heavy atom. The second kappa shape index (κ2) is 5.91. The second-order valence-corrected chi connectivity index (χ2v) is 4.03. The highest BCUT2D eigenvalue weighted by atomic mass is 16.6. The fourth-order valence-corrected chi connectivity index (χ4v) is 1.60. The van der Waals surface area contributed by atoms with Crippen LogP contribution >= 0.6 is 0 Å². The van der Waals surface area contributed by atoms with Crippen molar-refractivity contribution in [2.45, 2.75) is 6.61 Å². The number of nitrogens with zero attached hydrogens (tertiary/aromatic N) is 2. The van der Waals surface area contributed by atoms with Crippen LogP contribution < -0.4 is 4.74 Å². The number of nitro groups is 2. The molecule has 0 aliphatic rings. The van der Waals surface area contributed by atoms with Gasteiger partial charge < -0.3 is 14.3 Å². The molecule has 22 heavy (non-hydrogen) atoms. The fourth-order valence-electron chi connectivity index (χ4n) is 1.60. The van der Waals surface area contributed by atoms with Crippen LogP contribution in [0.4, 0.5) is 11.4 Å². The molecule has 0 bridgehead atoms. The van der Waals surface area contributed by atoms with E-state index in [2.05, 4.69) is 0 Å². The van der Waals surface area contributed by atoms with Crippen LogP contribution in [0.3, 0.4) is 0 Å². The Morgan fingerprint density at radius 1 is 1.18 bits per heavy atom. The molecule has 0 radical (unpaired) electrons. The Kier molecular flexibility index (Phi) is 4.02. The molecule has 2 aromatic rings. The first kappa shape index (κ1) is 15.0. The fraction of sp³-hybridized carbons (Fsp3) is 0.0833. The van der Waals surface area contributed by atoms with Crippen molar-refractivity contribution in [2.24, 2.45) is 0 Å². The zero-order valence-corrected chi connectivity index (χ0v) is 10.8. The van der Waals surface area contributed by atoms with Crippen molar-refractivity contribution < 1.29 is 28.9 Å². The molecular formula is C12H8N2O8. The zero-order valence-electron chi connectivity index (χ0n) is 10.8. The third kappa shape index (κ3) is 3.17. The summed E-state index contributed by atoms with van der Waals surface area (Å²) in [6, 6.07) is 5.50. The van der Waals surface area contributed by atoms with Gasteiger partial charge in [0.1, 0.15) is 12.4 Å². The molecule has 1 aromatic carbocycles. The molecule has 0 fully saturated rings. The van der Waals surface area contributed by atoms with Crippen molar-refractivity contribution in [1.82, 2.24) is 0 Å². The molecule has 114 valence electrons. The number of hydrogen-bond acceptors (Lipinski definition) is 7. The molecule has 0 aliphatic heterocycles. The Bertz CT molecular complexity index is 751. The first-order valence-corrected chi connectivity index (χ1v) is 5.76. The summed E-state index contributed by atoms with van der Waals surface area (Å²) in [5.74, 6) is -1.60. The molecular weight excluding hydrogens is 300 g/mol. The van der Waals surface area contributed by atoms with E-state index in [0.29, 0.717) is 0 Å². The monoisotopic (exact) mass is 308 g/mol. The van der Waals surface area contributed by atoms with Gasteiger partial charge in [0, 0.05) is 6.07 Å². The number of carboxylic acid groups (broad SMARTS) is 1. The Morgan fingerprint density at radius 2 is 1.91 bits per heavy atom. The number of ether oxygens (including phenoxy) is 1. The Labute approximate surface area is 121 Å². The van der Waals surface area contributed by atoms with Gasteiger partial charge >= 0.3 is 11.7 Å². The van der Waals surface area contributed by atoms with Crippen molar-refractivity contribution in [3.05, 3.63) is 62.1 Å². The van der Waals surface area contributed by atoms with E-state index in [9.17, 15) is 25.0 Å². The van der Waals surface area contributed by atoms with Crippen LogP contribution in [0, 0.1) is 20.2 Å². The maximum absolute atomic E-state index is 10.9. The molecule has 1 aromatic heterocycles. The molecule has 0 spiro atoms. The predicted molar refractivity (Wildman–Crippen MR) is 69.8 cm³/mol. The molecule has 10 nitrogen and oxygen atoms in total. The Hall–Kier alpha value is -3.43. The van der Waals surface area contributed by atoms with Crippen molar-refractivity contribution in [3.8, 4) is 5.75 Å². The van der Waals surface area contributed by atoms with Crippen molar-refractivity contribution in [1.29, 1.82) is 0 Å². The van der Waals surface area contributed by atoms with Gasteiger partial charge in [0.2, 0.25) is 5.76 Å². The highest BCUT2D eigenvalue weighted by Crippen LogP contribution is 2.31. The van der Waals surface area contributed by atoms with Crippen molar-refractivity contribution in [3.63, 3.8) is 0 Å². The summed E-state index contributed by atoms with van der Waals surface area (Å²) in [5.41, 5.74) is -1.01. The quantitative estimate of drug-likeness (QED) is 0.632. The number of carbonyl (C=O) groups is 1. The summed E-state index contributed by atoms with van der Waals surface area (Å²) in [7, 11) is 0. The van der Waals surface area contributed by atoms with Gasteiger partial charge in [-0.1, -0.05) is 0 Å². The summed E-state index contributed by atoms with van der Waals surface area (Å²) in [6.45, 7) is -0.258. The van der Waals surface area contributed by atoms with Crippen LogP contribution in [-0.2, 0) is 6.61 Å². The van der Waals surface area contributed by atoms with E-state index in [0.717, 1.165) is 18.2 Å². The number of non-ortho nitro benzene ring substituents is 1. The first-order valence-electron chi connectivity index (χ1n) is 5.76. The molecule has 0 saturated heterocycles. The average Bonchev–Trinajstić information content (AvgIpc) is 2.93. The summed E-state index contributed by atoms with van der Waals surface area (Å²) in [5, 5.41) is 30.2. The molecule has 0 saturated carbocycles. The molecule has 0 atom stereocenters. The molecule has 1 heterocycles. The number of rotatable bonds is 6. The zero-order chi connectivity index (χ0) is 16.3. The highest BCUT2D eigenvalue weighted by molar-refractivity contribution is 5.84. The standard InChI is InChI=1S/C12H8N2O8/c15-12(16)11-4-2-8(22-11)6-21-10-3-1-7(13(17)18)5-9(10)14(19)20/h1-5H,6H2,(H,15,16). The first-order chi connectivity index (χ1) is 10.4. The molecule has 0 aliphatic carbocycles.